The highest BCUT2D eigenvalue weighted by Gasteiger charge is 2.27. The highest BCUT2D eigenvalue weighted by Crippen LogP contribution is 2.28. The number of aromatic nitrogens is 4. The van der Waals surface area contributed by atoms with Crippen LogP contribution in [0.1, 0.15) is 13.0 Å². The maximum atomic E-state index is 12.8. The molecule has 3 heterocycles. The van der Waals surface area contributed by atoms with E-state index in [2.05, 4.69) is 20.2 Å². The molecule has 1 unspecified atom stereocenters. The Morgan fingerprint density at radius 2 is 1.86 bits per heavy atom. The summed E-state index contributed by atoms with van der Waals surface area (Å²) in [5.74, 6) is 0.0515. The van der Waals surface area contributed by atoms with Crippen molar-refractivity contribution in [3.05, 3.63) is 65.2 Å². The molecule has 1 saturated heterocycles. The number of H-pyrrole nitrogens is 1. The van der Waals surface area contributed by atoms with Crippen molar-refractivity contribution in [1.29, 1.82) is 0 Å². The highest BCUT2D eigenvalue weighted by atomic mass is 16.2. The van der Waals surface area contributed by atoms with Gasteiger partial charge in [0.05, 0.1) is 5.69 Å². The van der Waals surface area contributed by atoms with Crippen molar-refractivity contribution in [3.63, 3.8) is 0 Å². The van der Waals surface area contributed by atoms with E-state index in [9.17, 15) is 9.59 Å². The minimum atomic E-state index is -0.331. The van der Waals surface area contributed by atoms with Gasteiger partial charge in [0.15, 0.2) is 0 Å². The van der Waals surface area contributed by atoms with Crippen molar-refractivity contribution < 1.29 is 4.79 Å². The lowest BCUT2D eigenvalue weighted by Gasteiger charge is -2.37. The zero-order valence-electron chi connectivity index (χ0n) is 15.7. The first kappa shape index (κ1) is 18.0. The highest BCUT2D eigenvalue weighted by molar-refractivity contribution is 5.80. The van der Waals surface area contributed by atoms with Crippen LogP contribution in [0, 0.1) is 0 Å². The second-order valence-electron chi connectivity index (χ2n) is 6.81. The normalized spacial score (nSPS) is 15.5. The van der Waals surface area contributed by atoms with E-state index in [0.29, 0.717) is 26.2 Å². The Labute approximate surface area is 162 Å². The van der Waals surface area contributed by atoms with Gasteiger partial charge in [0.1, 0.15) is 11.7 Å². The molecule has 1 amide bonds. The van der Waals surface area contributed by atoms with Crippen LogP contribution < -0.4 is 10.5 Å². The largest absolute Gasteiger partial charge is 0.366 e. The predicted octanol–water partition coefficient (Wildman–Crippen LogP) is 1.54. The van der Waals surface area contributed by atoms with Gasteiger partial charge in [-0.25, -0.2) is 5.10 Å². The average Bonchev–Trinajstić information content (AvgIpc) is 3.28. The van der Waals surface area contributed by atoms with Crippen molar-refractivity contribution >= 4 is 11.6 Å². The molecule has 8 heteroatoms. The van der Waals surface area contributed by atoms with Crippen molar-refractivity contribution in [3.8, 4) is 11.3 Å². The summed E-state index contributed by atoms with van der Waals surface area (Å²) in [6, 6.07) is 12.8. The molecule has 1 N–H and O–H groups in total. The van der Waals surface area contributed by atoms with E-state index in [1.54, 1.807) is 23.1 Å². The molecular weight excluding hydrogens is 356 g/mol. The van der Waals surface area contributed by atoms with Crippen LogP contribution in [0.4, 0.5) is 5.69 Å². The van der Waals surface area contributed by atoms with Crippen LogP contribution in [0.3, 0.4) is 0 Å². The Balaban J connectivity index is 1.51. The SMILES string of the molecule is CC(C(=O)N1CCN(c2cc(=O)[nH]nc2-c2ccccc2)CC1)n1cccn1. The third-order valence-electron chi connectivity index (χ3n) is 5.05. The monoisotopic (exact) mass is 378 g/mol. The van der Waals surface area contributed by atoms with Gasteiger partial charge in [0.25, 0.3) is 5.56 Å². The molecule has 0 radical (unpaired) electrons. The van der Waals surface area contributed by atoms with Crippen molar-refractivity contribution in [2.75, 3.05) is 31.1 Å². The summed E-state index contributed by atoms with van der Waals surface area (Å²) >= 11 is 0. The lowest BCUT2D eigenvalue weighted by molar-refractivity contribution is -0.134. The smallest absolute Gasteiger partial charge is 0.266 e. The predicted molar refractivity (Wildman–Crippen MR) is 106 cm³/mol. The Morgan fingerprint density at radius 3 is 2.54 bits per heavy atom. The average molecular weight is 378 g/mol. The van der Waals surface area contributed by atoms with Gasteiger partial charge >= 0.3 is 0 Å². The van der Waals surface area contributed by atoms with Gasteiger partial charge in [-0.2, -0.15) is 10.2 Å². The molecule has 8 nitrogen and oxygen atoms in total. The minimum absolute atomic E-state index is 0.0515. The number of nitrogens with one attached hydrogen (secondary N) is 1. The number of rotatable bonds is 4. The molecule has 0 aliphatic carbocycles. The number of carbonyl (C=O) groups excluding carboxylic acids is 1. The number of anilines is 1. The quantitative estimate of drug-likeness (QED) is 0.744. The van der Waals surface area contributed by atoms with Gasteiger partial charge in [-0.3, -0.25) is 14.3 Å². The van der Waals surface area contributed by atoms with Crippen LogP contribution in [0.25, 0.3) is 11.3 Å². The number of benzene rings is 1. The summed E-state index contributed by atoms with van der Waals surface area (Å²) in [5.41, 5.74) is 2.24. The fraction of sp³-hybridized carbons (Fsp3) is 0.300. The molecule has 3 aromatic rings. The first-order valence-electron chi connectivity index (χ1n) is 9.31. The number of amides is 1. The number of piperazine rings is 1. The van der Waals surface area contributed by atoms with Gasteiger partial charge in [-0.1, -0.05) is 30.3 Å². The summed E-state index contributed by atoms with van der Waals surface area (Å²) in [6.45, 7) is 4.32. The fourth-order valence-corrected chi connectivity index (χ4v) is 3.50. The zero-order chi connectivity index (χ0) is 19.5. The molecule has 144 valence electrons. The summed E-state index contributed by atoms with van der Waals surface area (Å²) in [7, 11) is 0. The van der Waals surface area contributed by atoms with Crippen LogP contribution >= 0.6 is 0 Å². The van der Waals surface area contributed by atoms with Crippen molar-refractivity contribution in [1.82, 2.24) is 24.9 Å². The van der Waals surface area contributed by atoms with Gasteiger partial charge in [-0.15, -0.1) is 0 Å². The third kappa shape index (κ3) is 3.53. The molecule has 0 spiro atoms. The fourth-order valence-electron chi connectivity index (χ4n) is 3.50. The first-order chi connectivity index (χ1) is 13.6. The molecule has 1 aromatic carbocycles. The van der Waals surface area contributed by atoms with Gasteiger partial charge in [0.2, 0.25) is 5.91 Å². The van der Waals surface area contributed by atoms with Crippen molar-refractivity contribution in [2.24, 2.45) is 0 Å². The van der Waals surface area contributed by atoms with E-state index in [0.717, 1.165) is 16.9 Å². The summed E-state index contributed by atoms with van der Waals surface area (Å²) in [4.78, 5) is 28.6. The molecule has 1 fully saturated rings. The molecule has 1 aliphatic heterocycles. The number of hydrogen-bond acceptors (Lipinski definition) is 5. The maximum absolute atomic E-state index is 12.8. The summed E-state index contributed by atoms with van der Waals surface area (Å²) in [6.07, 6.45) is 3.47. The summed E-state index contributed by atoms with van der Waals surface area (Å²) in [5, 5.41) is 11.0. The van der Waals surface area contributed by atoms with Gasteiger partial charge in [-0.05, 0) is 13.0 Å². The molecule has 28 heavy (non-hydrogen) atoms. The number of carbonyl (C=O) groups is 1. The van der Waals surface area contributed by atoms with Crippen LogP contribution in [-0.2, 0) is 4.79 Å². The Morgan fingerprint density at radius 1 is 1.11 bits per heavy atom. The van der Waals surface area contributed by atoms with E-state index in [1.807, 2.05) is 48.2 Å². The van der Waals surface area contributed by atoms with Gasteiger partial charge < -0.3 is 9.80 Å². The van der Waals surface area contributed by atoms with Crippen LogP contribution in [-0.4, -0.2) is 57.0 Å². The van der Waals surface area contributed by atoms with Crippen LogP contribution in [0.15, 0.2) is 59.7 Å². The van der Waals surface area contributed by atoms with Gasteiger partial charge in [0, 0.05) is 50.2 Å². The molecule has 1 aliphatic rings. The van der Waals surface area contributed by atoms with E-state index in [1.165, 1.54) is 0 Å². The van der Waals surface area contributed by atoms with Crippen molar-refractivity contribution in [2.45, 2.75) is 13.0 Å². The molecule has 0 bridgehead atoms. The second-order valence-corrected chi connectivity index (χ2v) is 6.81. The first-order valence-corrected chi connectivity index (χ1v) is 9.31. The minimum Gasteiger partial charge on any atom is -0.366 e. The Hall–Kier alpha value is -3.42. The lowest BCUT2D eigenvalue weighted by atomic mass is 10.1. The Bertz CT molecular complexity index is 991. The lowest BCUT2D eigenvalue weighted by Crippen LogP contribution is -2.50. The maximum Gasteiger partial charge on any atom is 0.266 e. The molecule has 4 rings (SSSR count). The topological polar surface area (TPSA) is 87.1 Å². The van der Waals surface area contributed by atoms with E-state index >= 15 is 0 Å². The van der Waals surface area contributed by atoms with Crippen LogP contribution in [0.2, 0.25) is 0 Å². The number of aromatic amines is 1. The molecular formula is C20H22N6O2. The Kier molecular flexibility index (Phi) is 4.92. The van der Waals surface area contributed by atoms with E-state index < -0.39 is 0 Å². The molecule has 2 aromatic heterocycles. The molecule has 1 atom stereocenters. The standard InChI is InChI=1S/C20H22N6O2/c1-15(26-9-5-8-21-26)20(28)25-12-10-24(11-13-25)17-14-18(27)22-23-19(17)16-6-3-2-4-7-16/h2-9,14-15H,10-13H2,1H3,(H,22,27). The summed E-state index contributed by atoms with van der Waals surface area (Å²) < 4.78 is 1.67. The number of nitrogens with zero attached hydrogens (tertiary/aromatic N) is 5. The van der Waals surface area contributed by atoms with E-state index in [-0.39, 0.29) is 17.5 Å². The second kappa shape index (κ2) is 7.67. The third-order valence-corrected chi connectivity index (χ3v) is 5.05. The number of hydrogen-bond donors (Lipinski definition) is 1. The zero-order valence-corrected chi connectivity index (χ0v) is 15.7. The van der Waals surface area contributed by atoms with E-state index in [4.69, 9.17) is 0 Å². The molecule has 0 saturated carbocycles. The van der Waals surface area contributed by atoms with Crippen LogP contribution in [0.5, 0.6) is 0 Å².